The molecule has 1 aliphatic heterocycles. The Bertz CT molecular complexity index is 721. The van der Waals surface area contributed by atoms with Gasteiger partial charge >= 0.3 is 0 Å². The van der Waals surface area contributed by atoms with E-state index in [9.17, 15) is 15.2 Å². The summed E-state index contributed by atoms with van der Waals surface area (Å²) >= 11 is 6.66. The predicted molar refractivity (Wildman–Crippen MR) is 85.4 cm³/mol. The van der Waals surface area contributed by atoms with Crippen LogP contribution in [-0.2, 0) is 0 Å². The molecule has 2 aromatic rings. The average Bonchev–Trinajstić information content (AvgIpc) is 2.48. The lowest BCUT2D eigenvalue weighted by Gasteiger charge is -2.35. The highest BCUT2D eigenvalue weighted by Gasteiger charge is 2.31. The van der Waals surface area contributed by atoms with E-state index in [0.29, 0.717) is 9.88 Å². The zero-order chi connectivity index (χ0) is 15.0. The summed E-state index contributed by atoms with van der Waals surface area (Å²) < 4.78 is 0.509. The van der Waals surface area contributed by atoms with E-state index in [4.69, 9.17) is 12.2 Å². The summed E-state index contributed by atoms with van der Waals surface area (Å²) in [6.07, 6.45) is -1.03. The fraction of sp³-hybridized carbons (Fsp3) is 0.0714. The van der Waals surface area contributed by atoms with E-state index in [-0.39, 0.29) is 5.69 Å². The van der Waals surface area contributed by atoms with E-state index in [1.165, 1.54) is 23.9 Å². The molecule has 0 saturated heterocycles. The zero-order valence-electron chi connectivity index (χ0n) is 10.7. The number of thioether (sulfide) groups is 1. The van der Waals surface area contributed by atoms with E-state index in [1.54, 1.807) is 11.0 Å². The van der Waals surface area contributed by atoms with E-state index in [2.05, 4.69) is 0 Å². The maximum atomic E-state index is 10.9. The summed E-state index contributed by atoms with van der Waals surface area (Å²) in [5, 5.41) is 21.4. The molecule has 21 heavy (non-hydrogen) atoms. The molecule has 0 fully saturated rings. The molecule has 106 valence electrons. The lowest BCUT2D eigenvalue weighted by atomic mass is 10.1. The number of para-hydroxylation sites is 1. The summed E-state index contributed by atoms with van der Waals surface area (Å²) in [6.45, 7) is 0. The molecule has 1 aliphatic rings. The van der Waals surface area contributed by atoms with Crippen molar-refractivity contribution in [1.82, 2.24) is 0 Å². The Morgan fingerprint density at radius 1 is 1.24 bits per heavy atom. The van der Waals surface area contributed by atoms with Crippen LogP contribution >= 0.6 is 24.0 Å². The predicted octanol–water partition coefficient (Wildman–Crippen LogP) is 3.48. The molecule has 7 heteroatoms. The quantitative estimate of drug-likeness (QED) is 0.519. The molecule has 3 rings (SSSR count). The molecule has 0 radical (unpaired) electrons. The van der Waals surface area contributed by atoms with Crippen molar-refractivity contribution in [3.05, 3.63) is 64.2 Å². The Balaban J connectivity index is 2.07. The first-order valence-corrected chi connectivity index (χ1v) is 7.33. The Morgan fingerprint density at radius 2 is 1.95 bits per heavy atom. The molecule has 0 aromatic heterocycles. The van der Waals surface area contributed by atoms with Crippen molar-refractivity contribution in [3.8, 4) is 0 Å². The van der Waals surface area contributed by atoms with Crippen LogP contribution in [0.3, 0.4) is 0 Å². The second-order valence-electron chi connectivity index (χ2n) is 4.43. The topological polar surface area (TPSA) is 66.6 Å². The fourth-order valence-corrected chi connectivity index (χ4v) is 3.55. The molecule has 0 saturated carbocycles. The van der Waals surface area contributed by atoms with Gasteiger partial charge in [-0.2, -0.15) is 0 Å². The van der Waals surface area contributed by atoms with Crippen LogP contribution in [0.4, 0.5) is 11.4 Å². The molecule has 1 atom stereocenters. The van der Waals surface area contributed by atoms with Gasteiger partial charge in [-0.05, 0) is 18.2 Å². The van der Waals surface area contributed by atoms with Gasteiger partial charge in [0.1, 0.15) is 4.32 Å². The molecule has 2 aromatic carbocycles. The zero-order valence-corrected chi connectivity index (χ0v) is 12.3. The van der Waals surface area contributed by atoms with Gasteiger partial charge in [-0.25, -0.2) is 0 Å². The molecule has 5 nitrogen and oxygen atoms in total. The normalized spacial score (nSPS) is 17.5. The summed E-state index contributed by atoms with van der Waals surface area (Å²) in [7, 11) is 0. The number of fused-ring (bicyclic) bond motifs is 1. The maximum Gasteiger partial charge on any atom is 0.269 e. The van der Waals surface area contributed by atoms with Crippen LogP contribution in [0, 0.1) is 10.1 Å². The van der Waals surface area contributed by atoms with Crippen LogP contribution in [0.5, 0.6) is 0 Å². The summed E-state index contributed by atoms with van der Waals surface area (Å²) in [6, 6.07) is 13.7. The first-order valence-electron chi connectivity index (χ1n) is 6.10. The summed E-state index contributed by atoms with van der Waals surface area (Å²) in [4.78, 5) is 12.7. The number of rotatable bonds is 2. The van der Waals surface area contributed by atoms with E-state index in [1.807, 2.05) is 30.3 Å². The number of anilines is 1. The molecule has 1 N–H and O–H groups in total. The SMILES string of the molecule is O=[N+]([O-])c1ccc2c(c1)C(O)N(c1ccccc1)C(=S)S2. The van der Waals surface area contributed by atoms with Crippen molar-refractivity contribution in [1.29, 1.82) is 0 Å². The molecular formula is C14H10N2O3S2. The van der Waals surface area contributed by atoms with Crippen LogP contribution < -0.4 is 4.90 Å². The second-order valence-corrected chi connectivity index (χ2v) is 6.10. The Hall–Kier alpha value is -1.96. The van der Waals surface area contributed by atoms with Crippen LogP contribution in [0.1, 0.15) is 11.8 Å². The van der Waals surface area contributed by atoms with Crippen molar-refractivity contribution < 1.29 is 10.0 Å². The first kappa shape index (κ1) is 14.0. The highest BCUT2D eigenvalue weighted by atomic mass is 32.2. The van der Waals surface area contributed by atoms with Gasteiger partial charge < -0.3 is 5.11 Å². The van der Waals surface area contributed by atoms with Gasteiger partial charge in [0.2, 0.25) is 0 Å². The van der Waals surface area contributed by atoms with Crippen LogP contribution in [-0.4, -0.2) is 14.4 Å². The molecule has 0 bridgehead atoms. The molecular weight excluding hydrogens is 308 g/mol. The third-order valence-electron chi connectivity index (χ3n) is 3.16. The minimum Gasteiger partial charge on any atom is -0.369 e. The monoisotopic (exact) mass is 318 g/mol. The van der Waals surface area contributed by atoms with Gasteiger partial charge in [-0.15, -0.1) is 0 Å². The number of aliphatic hydroxyl groups is 1. The maximum absolute atomic E-state index is 10.9. The Kier molecular flexibility index (Phi) is 3.62. The van der Waals surface area contributed by atoms with Crippen LogP contribution in [0.25, 0.3) is 0 Å². The van der Waals surface area contributed by atoms with Gasteiger partial charge in [-0.1, -0.05) is 42.2 Å². The molecule has 1 unspecified atom stereocenters. The Labute approximate surface area is 130 Å². The van der Waals surface area contributed by atoms with Gasteiger partial charge in [0.05, 0.1) is 4.92 Å². The number of aliphatic hydroxyl groups excluding tert-OH is 1. The van der Waals surface area contributed by atoms with Crippen molar-refractivity contribution in [3.63, 3.8) is 0 Å². The molecule has 0 spiro atoms. The number of nitrogens with zero attached hydrogens (tertiary/aromatic N) is 2. The fourth-order valence-electron chi connectivity index (χ4n) is 2.16. The van der Waals surface area contributed by atoms with Gasteiger partial charge in [0.25, 0.3) is 5.69 Å². The number of thiocarbonyl (C=S) groups is 1. The second kappa shape index (κ2) is 5.44. The number of benzene rings is 2. The largest absolute Gasteiger partial charge is 0.369 e. The van der Waals surface area contributed by atoms with E-state index >= 15 is 0 Å². The third-order valence-corrected chi connectivity index (χ3v) is 4.56. The molecule has 0 amide bonds. The van der Waals surface area contributed by atoms with Crippen molar-refractivity contribution in [2.24, 2.45) is 0 Å². The number of nitro groups is 1. The van der Waals surface area contributed by atoms with Crippen LogP contribution in [0.2, 0.25) is 0 Å². The smallest absolute Gasteiger partial charge is 0.269 e. The highest BCUT2D eigenvalue weighted by molar-refractivity contribution is 8.23. The van der Waals surface area contributed by atoms with E-state index < -0.39 is 11.2 Å². The first-order chi connectivity index (χ1) is 10.1. The minimum atomic E-state index is -1.03. The minimum absolute atomic E-state index is 0.0470. The van der Waals surface area contributed by atoms with E-state index in [0.717, 1.165) is 10.6 Å². The lowest BCUT2D eigenvalue weighted by Crippen LogP contribution is -2.35. The van der Waals surface area contributed by atoms with Crippen molar-refractivity contribution in [2.75, 3.05) is 4.90 Å². The number of hydrogen-bond acceptors (Lipinski definition) is 5. The van der Waals surface area contributed by atoms with Gasteiger partial charge in [-0.3, -0.25) is 15.0 Å². The van der Waals surface area contributed by atoms with Crippen molar-refractivity contribution >= 4 is 39.7 Å². The third kappa shape index (κ3) is 2.51. The van der Waals surface area contributed by atoms with Gasteiger partial charge in [0, 0.05) is 28.3 Å². The number of non-ortho nitro benzene ring substituents is 1. The summed E-state index contributed by atoms with van der Waals surface area (Å²) in [5.74, 6) is 0. The van der Waals surface area contributed by atoms with Crippen molar-refractivity contribution in [2.45, 2.75) is 11.1 Å². The van der Waals surface area contributed by atoms with Gasteiger partial charge in [0.15, 0.2) is 6.23 Å². The standard InChI is InChI=1S/C14H10N2O3S2/c17-13-11-8-10(16(18)19)6-7-12(11)21-14(20)15(13)9-4-2-1-3-5-9/h1-8,13,17H. The number of nitro benzene ring substituents is 1. The highest BCUT2D eigenvalue weighted by Crippen LogP contribution is 2.42. The lowest BCUT2D eigenvalue weighted by molar-refractivity contribution is -0.385. The average molecular weight is 318 g/mol. The molecule has 1 heterocycles. The van der Waals surface area contributed by atoms with Crippen LogP contribution in [0.15, 0.2) is 53.4 Å². The molecule has 0 aliphatic carbocycles. The number of hydrogen-bond donors (Lipinski definition) is 1. The summed E-state index contributed by atoms with van der Waals surface area (Å²) in [5.41, 5.74) is 1.19. The Morgan fingerprint density at radius 3 is 2.62 bits per heavy atom.